The van der Waals surface area contributed by atoms with Gasteiger partial charge in [0.2, 0.25) is 5.91 Å². The maximum absolute atomic E-state index is 13.1. The lowest BCUT2D eigenvalue weighted by atomic mass is 9.86. The number of carbonyl (C=O) groups is 1. The van der Waals surface area contributed by atoms with Crippen LogP contribution in [0.4, 0.5) is 5.82 Å². The van der Waals surface area contributed by atoms with Crippen LogP contribution in [0.5, 0.6) is 0 Å². The summed E-state index contributed by atoms with van der Waals surface area (Å²) in [4.78, 5) is 21.5. The Morgan fingerprint density at radius 1 is 1.10 bits per heavy atom. The van der Waals surface area contributed by atoms with E-state index in [-0.39, 0.29) is 17.7 Å². The predicted molar refractivity (Wildman–Crippen MR) is 122 cm³/mol. The number of hydrogen-bond acceptors (Lipinski definition) is 5. The van der Waals surface area contributed by atoms with Gasteiger partial charge in [-0.25, -0.2) is 4.98 Å². The lowest BCUT2D eigenvalue weighted by Crippen LogP contribution is -2.45. The average molecular weight is 443 g/mol. The summed E-state index contributed by atoms with van der Waals surface area (Å²) in [6.45, 7) is 4.14. The van der Waals surface area contributed by atoms with Crippen LogP contribution in [0.2, 0.25) is 5.02 Å². The van der Waals surface area contributed by atoms with Gasteiger partial charge in [-0.05, 0) is 80.1 Å². The van der Waals surface area contributed by atoms with Crippen molar-refractivity contribution >= 4 is 23.3 Å². The zero-order valence-corrected chi connectivity index (χ0v) is 18.5. The Kier molecular flexibility index (Phi) is 7.10. The van der Waals surface area contributed by atoms with Gasteiger partial charge in [-0.15, -0.1) is 0 Å². The maximum atomic E-state index is 13.1. The predicted octanol–water partition coefficient (Wildman–Crippen LogP) is 3.50. The monoisotopic (exact) mass is 442 g/mol. The molecule has 31 heavy (non-hydrogen) atoms. The number of hydrogen-bond donors (Lipinski definition) is 2. The summed E-state index contributed by atoms with van der Waals surface area (Å²) in [7, 11) is 0. The van der Waals surface area contributed by atoms with Gasteiger partial charge in [-0.3, -0.25) is 9.69 Å². The Labute approximate surface area is 189 Å². The molecule has 1 aromatic heterocycles. The number of aliphatic hydroxyl groups is 1. The van der Waals surface area contributed by atoms with Gasteiger partial charge in [-0.1, -0.05) is 23.7 Å². The molecule has 0 aliphatic carbocycles. The van der Waals surface area contributed by atoms with Crippen molar-refractivity contribution in [1.82, 2.24) is 14.8 Å². The van der Waals surface area contributed by atoms with Gasteiger partial charge >= 0.3 is 0 Å². The molecule has 4 rings (SSSR count). The molecule has 1 amide bonds. The Balaban J connectivity index is 1.23. The Morgan fingerprint density at radius 2 is 1.77 bits per heavy atom. The molecule has 2 aromatic rings. The molecule has 2 aliphatic rings. The largest absolute Gasteiger partial charge is 0.388 e. The van der Waals surface area contributed by atoms with E-state index in [1.165, 1.54) is 5.56 Å². The number of halogens is 1. The van der Waals surface area contributed by atoms with Gasteiger partial charge in [0, 0.05) is 36.8 Å². The second-order valence-electron chi connectivity index (χ2n) is 8.80. The number of nitrogens with zero attached hydrogens (tertiary/aromatic N) is 3. The first-order chi connectivity index (χ1) is 15.0. The molecular formula is C24H31ClN4O2. The normalized spacial score (nSPS) is 20.0. The number of piperidine rings is 2. The highest BCUT2D eigenvalue weighted by Gasteiger charge is 2.33. The number of carbonyl (C=O) groups excluding carboxylic acids is 1. The number of pyridine rings is 1. The Morgan fingerprint density at radius 3 is 2.42 bits per heavy atom. The lowest BCUT2D eigenvalue weighted by molar-refractivity contribution is -0.139. The molecule has 0 radical (unpaired) electrons. The summed E-state index contributed by atoms with van der Waals surface area (Å²) >= 11 is 5.95. The van der Waals surface area contributed by atoms with Crippen molar-refractivity contribution in [2.75, 3.05) is 31.9 Å². The van der Waals surface area contributed by atoms with Crippen LogP contribution in [0.25, 0.3) is 0 Å². The number of likely N-dealkylation sites (tertiary alicyclic amines) is 2. The average Bonchev–Trinajstić information content (AvgIpc) is 2.79. The van der Waals surface area contributed by atoms with Gasteiger partial charge in [0.1, 0.15) is 5.82 Å². The highest BCUT2D eigenvalue weighted by molar-refractivity contribution is 6.30. The molecule has 1 aromatic carbocycles. The zero-order chi connectivity index (χ0) is 21.8. The Hall–Kier alpha value is -2.15. The van der Waals surface area contributed by atoms with E-state index in [4.69, 9.17) is 17.3 Å². The lowest BCUT2D eigenvalue weighted by Gasteiger charge is -2.38. The van der Waals surface area contributed by atoms with Gasteiger partial charge in [0.15, 0.2) is 0 Å². The third-order valence-corrected chi connectivity index (χ3v) is 6.95. The first kappa shape index (κ1) is 22.1. The molecule has 3 N–H and O–H groups in total. The fourth-order valence-electron chi connectivity index (χ4n) is 4.81. The van der Waals surface area contributed by atoms with E-state index in [1.807, 2.05) is 41.3 Å². The molecular weight excluding hydrogens is 412 g/mol. The first-order valence-corrected chi connectivity index (χ1v) is 11.5. The molecule has 0 bridgehead atoms. The van der Waals surface area contributed by atoms with Crippen molar-refractivity contribution < 1.29 is 9.90 Å². The molecule has 3 heterocycles. The van der Waals surface area contributed by atoms with Crippen LogP contribution < -0.4 is 5.73 Å². The molecule has 6 nitrogen and oxygen atoms in total. The van der Waals surface area contributed by atoms with E-state index in [2.05, 4.69) is 9.88 Å². The summed E-state index contributed by atoms with van der Waals surface area (Å²) < 4.78 is 0. The molecule has 0 saturated carbocycles. The minimum absolute atomic E-state index is 0.108. The van der Waals surface area contributed by atoms with Gasteiger partial charge in [-0.2, -0.15) is 0 Å². The summed E-state index contributed by atoms with van der Waals surface area (Å²) in [6, 6.07) is 11.3. The second kappa shape index (κ2) is 9.98. The van der Waals surface area contributed by atoms with Crippen LogP contribution in [0.15, 0.2) is 42.6 Å². The van der Waals surface area contributed by atoms with E-state index < -0.39 is 6.10 Å². The molecule has 2 fully saturated rings. The summed E-state index contributed by atoms with van der Waals surface area (Å²) in [5.74, 6) is 1.12. The van der Waals surface area contributed by atoms with Crippen LogP contribution in [0.3, 0.4) is 0 Å². The van der Waals surface area contributed by atoms with Crippen LogP contribution in [-0.4, -0.2) is 52.0 Å². The minimum atomic E-state index is -0.500. The molecule has 166 valence electrons. The number of benzene rings is 1. The molecule has 1 unspecified atom stereocenters. The summed E-state index contributed by atoms with van der Waals surface area (Å²) in [5.41, 5.74) is 7.84. The van der Waals surface area contributed by atoms with Crippen LogP contribution in [0.1, 0.15) is 42.9 Å². The quantitative estimate of drug-likeness (QED) is 0.740. The smallest absolute Gasteiger partial charge is 0.225 e. The van der Waals surface area contributed by atoms with E-state index in [1.54, 1.807) is 6.20 Å². The summed E-state index contributed by atoms with van der Waals surface area (Å²) in [5, 5.41) is 11.4. The molecule has 2 saturated heterocycles. The van der Waals surface area contributed by atoms with E-state index >= 15 is 0 Å². The summed E-state index contributed by atoms with van der Waals surface area (Å²) in [6.07, 6.45) is 4.70. The topological polar surface area (TPSA) is 82.7 Å². The maximum Gasteiger partial charge on any atom is 0.225 e. The van der Waals surface area contributed by atoms with Crippen LogP contribution in [0, 0.1) is 11.8 Å². The first-order valence-electron chi connectivity index (χ1n) is 11.1. The van der Waals surface area contributed by atoms with E-state index in [0.717, 1.165) is 64.0 Å². The minimum Gasteiger partial charge on any atom is -0.388 e. The highest BCUT2D eigenvalue weighted by Crippen LogP contribution is 2.32. The Bertz CT molecular complexity index is 875. The van der Waals surface area contributed by atoms with Crippen molar-refractivity contribution in [2.24, 2.45) is 11.8 Å². The SMILES string of the molecule is Nc1cc(CN2CCC(C(=O)N3CCC(C(O)c4ccc(Cl)cc4)CC3)CC2)ccn1. The molecule has 0 spiro atoms. The van der Waals surface area contributed by atoms with Crippen molar-refractivity contribution in [3.8, 4) is 0 Å². The number of amides is 1. The number of rotatable bonds is 5. The molecule has 7 heteroatoms. The fraction of sp³-hybridized carbons (Fsp3) is 0.500. The molecule has 2 aliphatic heterocycles. The third-order valence-electron chi connectivity index (χ3n) is 6.70. The standard InChI is InChI=1S/C24H31ClN4O2/c25-21-3-1-18(2-4-21)23(30)19-8-13-29(14-9-19)24(31)20-6-11-28(12-7-20)16-17-5-10-27-22(26)15-17/h1-5,10,15,19-20,23,30H,6-9,11-14,16H2,(H2,26,27). The zero-order valence-electron chi connectivity index (χ0n) is 17.8. The number of aliphatic hydroxyl groups excluding tert-OH is 1. The number of nitrogens with two attached hydrogens (primary N) is 1. The van der Waals surface area contributed by atoms with Crippen molar-refractivity contribution in [3.05, 3.63) is 58.7 Å². The van der Waals surface area contributed by atoms with E-state index in [9.17, 15) is 9.90 Å². The van der Waals surface area contributed by atoms with Gasteiger partial charge < -0.3 is 15.7 Å². The number of anilines is 1. The van der Waals surface area contributed by atoms with E-state index in [0.29, 0.717) is 10.8 Å². The number of nitrogen functional groups attached to an aromatic ring is 1. The van der Waals surface area contributed by atoms with Crippen molar-refractivity contribution in [2.45, 2.75) is 38.3 Å². The third kappa shape index (κ3) is 5.56. The molecule has 1 atom stereocenters. The van der Waals surface area contributed by atoms with Crippen molar-refractivity contribution in [3.63, 3.8) is 0 Å². The highest BCUT2D eigenvalue weighted by atomic mass is 35.5. The fourth-order valence-corrected chi connectivity index (χ4v) is 4.94. The van der Waals surface area contributed by atoms with Crippen molar-refractivity contribution in [1.29, 1.82) is 0 Å². The van der Waals surface area contributed by atoms with Gasteiger partial charge in [0.25, 0.3) is 0 Å². The van der Waals surface area contributed by atoms with Crippen LogP contribution >= 0.6 is 11.6 Å². The second-order valence-corrected chi connectivity index (χ2v) is 9.23. The van der Waals surface area contributed by atoms with Crippen LogP contribution in [-0.2, 0) is 11.3 Å². The number of aromatic nitrogens is 1. The van der Waals surface area contributed by atoms with Gasteiger partial charge in [0.05, 0.1) is 6.10 Å².